The fourth-order valence-electron chi connectivity index (χ4n) is 2.89. The number of anilines is 3. The van der Waals surface area contributed by atoms with Crippen LogP contribution in [0.2, 0.25) is 0 Å². The Morgan fingerprint density at radius 2 is 1.68 bits per heavy atom. The largest absolute Gasteiger partial charge is 0.494 e. The molecule has 3 aromatic rings. The van der Waals surface area contributed by atoms with E-state index in [-0.39, 0.29) is 25.0 Å². The van der Waals surface area contributed by atoms with Crippen molar-refractivity contribution in [3.63, 3.8) is 0 Å². The van der Waals surface area contributed by atoms with Crippen LogP contribution in [0.5, 0.6) is 11.8 Å². The summed E-state index contributed by atoms with van der Waals surface area (Å²) in [6.07, 6.45) is -3.82. The molecule has 198 valence electrons. The number of benzene rings is 2. The van der Waals surface area contributed by atoms with Gasteiger partial charge in [0.1, 0.15) is 5.75 Å². The van der Waals surface area contributed by atoms with E-state index in [0.29, 0.717) is 30.2 Å². The van der Waals surface area contributed by atoms with E-state index in [9.17, 15) is 18.0 Å². The topological polar surface area (TPSA) is 134 Å². The highest BCUT2D eigenvalue weighted by Gasteiger charge is 2.29. The zero-order valence-corrected chi connectivity index (χ0v) is 20.0. The Kier molecular flexibility index (Phi) is 9.84. The van der Waals surface area contributed by atoms with E-state index in [2.05, 4.69) is 25.6 Å². The number of aromatic nitrogens is 3. The molecule has 3 rings (SSSR count). The second kappa shape index (κ2) is 13.3. The number of carbonyl (C=O) groups excluding carboxylic acids is 1. The lowest BCUT2D eigenvalue weighted by Crippen LogP contribution is -2.21. The van der Waals surface area contributed by atoms with Crippen molar-refractivity contribution in [2.45, 2.75) is 26.1 Å². The third kappa shape index (κ3) is 9.44. The van der Waals surface area contributed by atoms with Crippen LogP contribution < -0.4 is 25.8 Å². The van der Waals surface area contributed by atoms with Crippen molar-refractivity contribution < 1.29 is 32.2 Å². The van der Waals surface area contributed by atoms with Crippen molar-refractivity contribution in [3.05, 3.63) is 59.7 Å². The molecule has 0 spiro atoms. The number of halogens is 3. The SMILES string of the molecule is CCOC(=O)c1ccc(Nc2nc(NCc3ccc(OCCCN)cc3)nc(OCC(F)(F)F)n2)cc1. The molecule has 0 aliphatic rings. The van der Waals surface area contributed by atoms with Crippen LogP contribution in [0, 0.1) is 0 Å². The van der Waals surface area contributed by atoms with Gasteiger partial charge in [-0.05, 0) is 61.9 Å². The van der Waals surface area contributed by atoms with E-state index in [1.807, 2.05) is 12.1 Å². The van der Waals surface area contributed by atoms with Gasteiger partial charge < -0.3 is 30.6 Å². The number of nitrogens with two attached hydrogens (primary N) is 1. The van der Waals surface area contributed by atoms with Gasteiger partial charge in [-0.1, -0.05) is 12.1 Å². The highest BCUT2D eigenvalue weighted by Crippen LogP contribution is 2.21. The number of alkyl halides is 3. The number of hydrogen-bond acceptors (Lipinski definition) is 10. The zero-order chi connectivity index (χ0) is 26.7. The van der Waals surface area contributed by atoms with Crippen LogP contribution in [0.15, 0.2) is 48.5 Å². The number of nitrogens with zero attached hydrogens (tertiary/aromatic N) is 3. The summed E-state index contributed by atoms with van der Waals surface area (Å²) in [5.74, 6) is 0.169. The number of nitrogens with one attached hydrogen (secondary N) is 2. The quantitative estimate of drug-likeness (QED) is 0.224. The third-order valence-electron chi connectivity index (χ3n) is 4.62. The van der Waals surface area contributed by atoms with Gasteiger partial charge in [-0.15, -0.1) is 0 Å². The summed E-state index contributed by atoms with van der Waals surface area (Å²) in [6.45, 7) is 1.72. The van der Waals surface area contributed by atoms with Crippen LogP contribution in [-0.4, -0.2) is 53.5 Å². The Bertz CT molecular complexity index is 1140. The maximum Gasteiger partial charge on any atom is 0.422 e. The average molecular weight is 521 g/mol. The lowest BCUT2D eigenvalue weighted by Gasteiger charge is -2.12. The molecule has 2 aromatic carbocycles. The molecule has 10 nitrogen and oxygen atoms in total. The molecule has 0 bridgehead atoms. The summed E-state index contributed by atoms with van der Waals surface area (Å²) in [5.41, 5.74) is 7.13. The van der Waals surface area contributed by atoms with Crippen LogP contribution in [0.4, 0.5) is 30.8 Å². The Morgan fingerprint density at radius 3 is 2.32 bits per heavy atom. The number of ether oxygens (including phenoxy) is 3. The minimum absolute atomic E-state index is 0.00101. The van der Waals surface area contributed by atoms with Gasteiger partial charge >= 0.3 is 18.2 Å². The second-order valence-corrected chi connectivity index (χ2v) is 7.58. The standard InChI is InChI=1S/C24H27F3N6O4/c1-2-35-20(34)17-6-8-18(9-7-17)30-22-31-21(32-23(33-22)37-15-24(25,26)27)29-14-16-4-10-19(11-5-16)36-13-3-12-28/h4-11H,2-3,12-15,28H2,1H3,(H2,29,30,31,32,33). The lowest BCUT2D eigenvalue weighted by atomic mass is 10.2. The van der Waals surface area contributed by atoms with Crippen molar-refractivity contribution in [1.82, 2.24) is 15.0 Å². The van der Waals surface area contributed by atoms with Crippen LogP contribution in [0.1, 0.15) is 29.3 Å². The number of esters is 1. The van der Waals surface area contributed by atoms with Crippen LogP contribution in [0.3, 0.4) is 0 Å². The van der Waals surface area contributed by atoms with Gasteiger partial charge in [0.05, 0.1) is 18.8 Å². The Balaban J connectivity index is 1.71. The molecule has 0 saturated carbocycles. The van der Waals surface area contributed by atoms with Crippen molar-refractivity contribution in [1.29, 1.82) is 0 Å². The summed E-state index contributed by atoms with van der Waals surface area (Å²) in [4.78, 5) is 23.9. The van der Waals surface area contributed by atoms with Crippen molar-refractivity contribution in [2.75, 3.05) is 37.0 Å². The van der Waals surface area contributed by atoms with Gasteiger partial charge in [0.2, 0.25) is 11.9 Å². The smallest absolute Gasteiger partial charge is 0.422 e. The van der Waals surface area contributed by atoms with E-state index >= 15 is 0 Å². The number of hydrogen-bond donors (Lipinski definition) is 3. The Morgan fingerprint density at radius 1 is 0.973 bits per heavy atom. The molecule has 0 atom stereocenters. The fraction of sp³-hybridized carbons (Fsp3) is 0.333. The predicted molar refractivity (Wildman–Crippen MR) is 130 cm³/mol. The first kappa shape index (κ1) is 27.5. The summed E-state index contributed by atoms with van der Waals surface area (Å²) in [7, 11) is 0. The first-order valence-electron chi connectivity index (χ1n) is 11.4. The van der Waals surface area contributed by atoms with Crippen LogP contribution in [-0.2, 0) is 11.3 Å². The molecule has 4 N–H and O–H groups in total. The minimum Gasteiger partial charge on any atom is -0.494 e. The monoisotopic (exact) mass is 520 g/mol. The van der Waals surface area contributed by atoms with Gasteiger partial charge in [-0.25, -0.2) is 4.79 Å². The van der Waals surface area contributed by atoms with E-state index in [0.717, 1.165) is 12.0 Å². The molecular weight excluding hydrogens is 493 g/mol. The Hall–Kier alpha value is -4.13. The van der Waals surface area contributed by atoms with Crippen molar-refractivity contribution in [2.24, 2.45) is 5.73 Å². The zero-order valence-electron chi connectivity index (χ0n) is 20.0. The average Bonchev–Trinajstić information content (AvgIpc) is 2.87. The molecule has 0 radical (unpaired) electrons. The molecule has 0 unspecified atom stereocenters. The predicted octanol–water partition coefficient (Wildman–Crippen LogP) is 4.07. The maximum atomic E-state index is 12.7. The molecule has 1 aromatic heterocycles. The molecule has 37 heavy (non-hydrogen) atoms. The summed E-state index contributed by atoms with van der Waals surface area (Å²) >= 11 is 0. The minimum atomic E-state index is -4.56. The fourth-order valence-corrected chi connectivity index (χ4v) is 2.89. The number of rotatable bonds is 13. The molecule has 0 aliphatic heterocycles. The van der Waals surface area contributed by atoms with E-state index in [1.165, 1.54) is 12.1 Å². The van der Waals surface area contributed by atoms with Gasteiger partial charge in [0.15, 0.2) is 6.61 Å². The number of carbonyl (C=O) groups is 1. The third-order valence-corrected chi connectivity index (χ3v) is 4.62. The van der Waals surface area contributed by atoms with Crippen molar-refractivity contribution in [3.8, 4) is 11.8 Å². The lowest BCUT2D eigenvalue weighted by molar-refractivity contribution is -0.154. The highest BCUT2D eigenvalue weighted by molar-refractivity contribution is 5.89. The molecule has 13 heteroatoms. The molecule has 0 fully saturated rings. The van der Waals surface area contributed by atoms with Crippen molar-refractivity contribution >= 4 is 23.6 Å². The van der Waals surface area contributed by atoms with E-state index in [1.54, 1.807) is 31.2 Å². The summed E-state index contributed by atoms with van der Waals surface area (Å²) < 4.78 is 53.2. The normalized spacial score (nSPS) is 11.1. The molecular formula is C24H27F3N6O4. The molecule has 0 amide bonds. The van der Waals surface area contributed by atoms with Gasteiger partial charge in [-0.2, -0.15) is 28.1 Å². The molecule has 1 heterocycles. The van der Waals surface area contributed by atoms with E-state index < -0.39 is 24.8 Å². The second-order valence-electron chi connectivity index (χ2n) is 7.58. The summed E-state index contributed by atoms with van der Waals surface area (Å²) in [5, 5.41) is 5.82. The highest BCUT2D eigenvalue weighted by atomic mass is 19.4. The summed E-state index contributed by atoms with van der Waals surface area (Å²) in [6, 6.07) is 13.0. The first-order chi connectivity index (χ1) is 17.8. The Labute approximate surface area is 211 Å². The maximum absolute atomic E-state index is 12.7. The van der Waals surface area contributed by atoms with Gasteiger partial charge in [0, 0.05) is 12.2 Å². The molecule has 0 saturated heterocycles. The van der Waals surface area contributed by atoms with Crippen LogP contribution >= 0.6 is 0 Å². The van der Waals surface area contributed by atoms with E-state index in [4.69, 9.17) is 19.9 Å². The van der Waals surface area contributed by atoms with Crippen LogP contribution in [0.25, 0.3) is 0 Å². The first-order valence-corrected chi connectivity index (χ1v) is 11.4. The van der Waals surface area contributed by atoms with Gasteiger partial charge in [-0.3, -0.25) is 0 Å². The molecule has 0 aliphatic carbocycles. The van der Waals surface area contributed by atoms with Gasteiger partial charge in [0.25, 0.3) is 0 Å².